The van der Waals surface area contributed by atoms with Gasteiger partial charge in [0.1, 0.15) is 17.8 Å². The minimum atomic E-state index is -1.12. The van der Waals surface area contributed by atoms with Crippen LogP contribution in [-0.2, 0) is 13.5 Å². The maximum atomic E-state index is 13.9. The van der Waals surface area contributed by atoms with Gasteiger partial charge in [0.15, 0.2) is 0 Å². The van der Waals surface area contributed by atoms with Gasteiger partial charge in [0.25, 0.3) is 0 Å². The third-order valence-electron chi connectivity index (χ3n) is 2.47. The number of alkyl halides is 1. The second kappa shape index (κ2) is 3.06. The molecule has 0 aliphatic carbocycles. The normalized spacial score (nSPS) is 28.2. The molecular weight excluding hydrogens is 171 g/mol. The van der Waals surface area contributed by atoms with E-state index in [0.717, 1.165) is 6.54 Å². The molecule has 2 heterocycles. The van der Waals surface area contributed by atoms with Gasteiger partial charge in [-0.05, 0) is 13.0 Å². The molecule has 0 radical (unpaired) electrons. The van der Waals surface area contributed by atoms with Crippen molar-refractivity contribution in [2.75, 3.05) is 13.1 Å². The van der Waals surface area contributed by atoms with Crippen LogP contribution in [0.4, 0.5) is 4.39 Å². The zero-order valence-corrected chi connectivity index (χ0v) is 7.63. The third kappa shape index (κ3) is 1.70. The number of aryl methyl sites for hydroxylation is 1. The fourth-order valence-corrected chi connectivity index (χ4v) is 1.63. The van der Waals surface area contributed by atoms with E-state index in [1.165, 1.54) is 6.33 Å². The first-order valence-corrected chi connectivity index (χ1v) is 4.42. The molecule has 0 saturated carbocycles. The van der Waals surface area contributed by atoms with Gasteiger partial charge >= 0.3 is 0 Å². The number of nitrogens with one attached hydrogen (secondary N) is 1. The summed E-state index contributed by atoms with van der Waals surface area (Å²) < 4.78 is 15.5. The van der Waals surface area contributed by atoms with E-state index in [9.17, 15) is 4.39 Å². The van der Waals surface area contributed by atoms with E-state index in [1.54, 1.807) is 11.7 Å². The second-order valence-corrected chi connectivity index (χ2v) is 3.55. The fraction of sp³-hybridized carbons (Fsp3) is 0.750. The van der Waals surface area contributed by atoms with E-state index in [-0.39, 0.29) is 0 Å². The second-order valence-electron chi connectivity index (χ2n) is 3.55. The van der Waals surface area contributed by atoms with Gasteiger partial charge in [-0.2, -0.15) is 5.10 Å². The number of hydrogen-bond acceptors (Lipinski definition) is 3. The first-order chi connectivity index (χ1) is 6.20. The maximum absolute atomic E-state index is 13.9. The van der Waals surface area contributed by atoms with E-state index in [2.05, 4.69) is 15.4 Å². The Morgan fingerprint density at radius 1 is 1.77 bits per heavy atom. The van der Waals surface area contributed by atoms with E-state index in [1.807, 2.05) is 0 Å². The van der Waals surface area contributed by atoms with Gasteiger partial charge < -0.3 is 5.32 Å². The Morgan fingerprint density at radius 3 is 3.15 bits per heavy atom. The Labute approximate surface area is 76.2 Å². The van der Waals surface area contributed by atoms with Crippen molar-refractivity contribution >= 4 is 0 Å². The molecule has 2 rings (SSSR count). The predicted octanol–water partition coefficient (Wildman–Crippen LogP) is 0.0592. The van der Waals surface area contributed by atoms with Gasteiger partial charge in [-0.3, -0.25) is 4.68 Å². The average Bonchev–Trinajstić information content (AvgIpc) is 2.64. The highest BCUT2D eigenvalue weighted by molar-refractivity contribution is 4.98. The minimum Gasteiger partial charge on any atom is -0.313 e. The molecule has 1 aromatic heterocycles. The average molecular weight is 184 g/mol. The standard InChI is InChI=1S/C8H13FN4/c1-13-7(11-6-12-13)4-8(9)2-3-10-5-8/h6,10H,2-5H2,1H3. The Balaban J connectivity index is 2.09. The molecule has 72 valence electrons. The summed E-state index contributed by atoms with van der Waals surface area (Å²) in [4.78, 5) is 4.01. The van der Waals surface area contributed by atoms with E-state index < -0.39 is 5.67 Å². The van der Waals surface area contributed by atoms with Crippen molar-refractivity contribution in [2.24, 2.45) is 7.05 Å². The highest BCUT2D eigenvalue weighted by Gasteiger charge is 2.34. The van der Waals surface area contributed by atoms with Gasteiger partial charge in [0.05, 0.1) is 0 Å². The van der Waals surface area contributed by atoms with Crippen LogP contribution in [0.3, 0.4) is 0 Å². The van der Waals surface area contributed by atoms with Crippen molar-refractivity contribution in [3.63, 3.8) is 0 Å². The van der Waals surface area contributed by atoms with Gasteiger partial charge in [-0.15, -0.1) is 0 Å². The summed E-state index contributed by atoms with van der Waals surface area (Å²) in [6.45, 7) is 1.19. The number of rotatable bonds is 2. The van der Waals surface area contributed by atoms with Gasteiger partial charge in [0, 0.05) is 20.0 Å². The van der Waals surface area contributed by atoms with E-state index in [4.69, 9.17) is 0 Å². The molecule has 13 heavy (non-hydrogen) atoms. The molecule has 5 heteroatoms. The summed E-state index contributed by atoms with van der Waals surface area (Å²) in [5.74, 6) is 0.714. The molecule has 1 fully saturated rings. The zero-order chi connectivity index (χ0) is 9.31. The number of aromatic nitrogens is 3. The molecule has 1 saturated heterocycles. The lowest BCUT2D eigenvalue weighted by Gasteiger charge is -2.16. The van der Waals surface area contributed by atoms with Crippen molar-refractivity contribution in [2.45, 2.75) is 18.5 Å². The summed E-state index contributed by atoms with van der Waals surface area (Å²) in [7, 11) is 1.79. The summed E-state index contributed by atoms with van der Waals surface area (Å²) in [6, 6.07) is 0. The lowest BCUT2D eigenvalue weighted by atomic mass is 10.0. The van der Waals surface area contributed by atoms with Crippen LogP contribution in [-0.4, -0.2) is 33.5 Å². The summed E-state index contributed by atoms with van der Waals surface area (Å²) in [6.07, 6.45) is 2.39. The molecule has 1 aliphatic rings. The molecule has 1 unspecified atom stereocenters. The summed E-state index contributed by atoms with van der Waals surface area (Å²) >= 11 is 0. The van der Waals surface area contributed by atoms with Crippen molar-refractivity contribution in [3.8, 4) is 0 Å². The van der Waals surface area contributed by atoms with Gasteiger partial charge in [0.2, 0.25) is 0 Å². The maximum Gasteiger partial charge on any atom is 0.138 e. The molecule has 1 N–H and O–H groups in total. The van der Waals surface area contributed by atoms with Crippen molar-refractivity contribution in [1.29, 1.82) is 0 Å². The molecule has 0 aromatic carbocycles. The molecule has 1 aromatic rings. The number of nitrogens with zero attached hydrogens (tertiary/aromatic N) is 3. The Bertz CT molecular complexity index is 290. The highest BCUT2D eigenvalue weighted by atomic mass is 19.1. The number of halogens is 1. The third-order valence-corrected chi connectivity index (χ3v) is 2.47. The topological polar surface area (TPSA) is 42.7 Å². The molecular formula is C8H13FN4. The van der Waals surface area contributed by atoms with Crippen LogP contribution in [0.5, 0.6) is 0 Å². The smallest absolute Gasteiger partial charge is 0.138 e. The quantitative estimate of drug-likeness (QED) is 0.706. The largest absolute Gasteiger partial charge is 0.313 e. The Hall–Kier alpha value is -0.970. The molecule has 0 spiro atoms. The van der Waals surface area contributed by atoms with Crippen molar-refractivity contribution in [3.05, 3.63) is 12.2 Å². The molecule has 0 bridgehead atoms. The first-order valence-electron chi connectivity index (χ1n) is 4.42. The minimum absolute atomic E-state index is 0.358. The lowest BCUT2D eigenvalue weighted by molar-refractivity contribution is 0.185. The Kier molecular flexibility index (Phi) is 2.03. The van der Waals surface area contributed by atoms with E-state index in [0.29, 0.717) is 25.2 Å². The molecule has 1 aliphatic heterocycles. The molecule has 0 amide bonds. The van der Waals surface area contributed by atoms with Crippen LogP contribution < -0.4 is 5.32 Å². The zero-order valence-electron chi connectivity index (χ0n) is 7.63. The van der Waals surface area contributed by atoms with Crippen molar-refractivity contribution in [1.82, 2.24) is 20.1 Å². The van der Waals surface area contributed by atoms with Gasteiger partial charge in [-0.1, -0.05) is 0 Å². The monoisotopic (exact) mass is 184 g/mol. The number of hydrogen-bond donors (Lipinski definition) is 1. The Morgan fingerprint density at radius 2 is 2.62 bits per heavy atom. The predicted molar refractivity (Wildman–Crippen MR) is 46.0 cm³/mol. The van der Waals surface area contributed by atoms with Crippen LogP contribution >= 0.6 is 0 Å². The van der Waals surface area contributed by atoms with Crippen molar-refractivity contribution < 1.29 is 4.39 Å². The van der Waals surface area contributed by atoms with Crippen LogP contribution in [0.15, 0.2) is 6.33 Å². The van der Waals surface area contributed by atoms with Crippen LogP contribution in [0, 0.1) is 0 Å². The molecule has 4 nitrogen and oxygen atoms in total. The van der Waals surface area contributed by atoms with E-state index >= 15 is 0 Å². The van der Waals surface area contributed by atoms with Crippen LogP contribution in [0.2, 0.25) is 0 Å². The SMILES string of the molecule is Cn1ncnc1CC1(F)CCNC1. The fourth-order valence-electron chi connectivity index (χ4n) is 1.63. The van der Waals surface area contributed by atoms with Gasteiger partial charge in [-0.25, -0.2) is 9.37 Å². The summed E-state index contributed by atoms with van der Waals surface area (Å²) in [5, 5.41) is 6.92. The van der Waals surface area contributed by atoms with Crippen LogP contribution in [0.1, 0.15) is 12.2 Å². The lowest BCUT2D eigenvalue weighted by Crippen LogP contribution is -2.30. The summed E-state index contributed by atoms with van der Waals surface area (Å²) in [5.41, 5.74) is -1.12. The first kappa shape index (κ1) is 8.62. The van der Waals surface area contributed by atoms with Crippen LogP contribution in [0.25, 0.3) is 0 Å². The highest BCUT2D eigenvalue weighted by Crippen LogP contribution is 2.23. The molecule has 1 atom stereocenters.